The number of hydrogen-bond donors (Lipinski definition) is 4. The molecule has 0 aromatic heterocycles. The molecule has 0 bridgehead atoms. The number of Topliss-reactive ketones (excluding diaryl/α,β-unsaturated/α-hetero) is 1. The number of hydrogen-bond acceptors (Lipinski definition) is 11. The van der Waals surface area contributed by atoms with Crippen molar-refractivity contribution in [1.29, 1.82) is 0 Å². The Morgan fingerprint density at radius 3 is 2.32 bits per heavy atom. The van der Waals surface area contributed by atoms with Gasteiger partial charge < -0.3 is 40.5 Å². The van der Waals surface area contributed by atoms with Crippen molar-refractivity contribution < 1.29 is 51.4 Å². The number of halogens is 3. The lowest BCUT2D eigenvalue weighted by Gasteiger charge is -2.43. The van der Waals surface area contributed by atoms with Gasteiger partial charge in [0.25, 0.3) is 5.91 Å². The maximum absolute atomic E-state index is 15.0. The van der Waals surface area contributed by atoms with E-state index in [0.29, 0.717) is 93.3 Å². The van der Waals surface area contributed by atoms with Gasteiger partial charge in [0.2, 0.25) is 23.6 Å². The molecule has 4 N–H and O–H groups in total. The second kappa shape index (κ2) is 24.9. The molecule has 5 aliphatic heterocycles. The lowest BCUT2D eigenvalue weighted by molar-refractivity contribution is -0.147. The molecule has 0 unspecified atom stereocenters. The summed E-state index contributed by atoms with van der Waals surface area (Å²) in [4.78, 5) is 93.4. The molecular formula is C60H73F3N8O8. The molecule has 19 heteroatoms. The van der Waals surface area contributed by atoms with E-state index in [0.717, 1.165) is 36.3 Å². The van der Waals surface area contributed by atoms with Crippen molar-refractivity contribution in [3.05, 3.63) is 124 Å². The number of nitrogens with one attached hydrogen (secondary N) is 4. The first-order valence-electron chi connectivity index (χ1n) is 27.7. The molecule has 5 heterocycles. The van der Waals surface area contributed by atoms with Gasteiger partial charge in [-0.2, -0.15) is 0 Å². The van der Waals surface area contributed by atoms with Gasteiger partial charge in [-0.05, 0) is 123 Å². The fourth-order valence-corrected chi connectivity index (χ4v) is 11.9. The summed E-state index contributed by atoms with van der Waals surface area (Å²) in [7, 11) is 0. The number of para-hydroxylation sites is 1. The zero-order chi connectivity index (χ0) is 56.1. The molecule has 4 aromatic rings. The maximum Gasteiger partial charge on any atom is 0.252 e. The Bertz CT molecular complexity index is 2900. The van der Waals surface area contributed by atoms with Gasteiger partial charge in [-0.1, -0.05) is 50.2 Å². The van der Waals surface area contributed by atoms with Crippen LogP contribution in [0.3, 0.4) is 0 Å². The predicted octanol–water partition coefficient (Wildman–Crippen LogP) is 6.51. The van der Waals surface area contributed by atoms with Gasteiger partial charge in [0.1, 0.15) is 35.0 Å². The zero-order valence-electron chi connectivity index (χ0n) is 45.8. The largest absolute Gasteiger partial charge is 0.381 e. The highest BCUT2D eigenvalue weighted by molar-refractivity contribution is 6.04. The van der Waals surface area contributed by atoms with Gasteiger partial charge in [0.15, 0.2) is 0 Å². The third-order valence-corrected chi connectivity index (χ3v) is 16.8. The second-order valence-electron chi connectivity index (χ2n) is 22.4. The van der Waals surface area contributed by atoms with E-state index in [1.807, 2.05) is 32.0 Å². The number of piperazine rings is 1. The summed E-state index contributed by atoms with van der Waals surface area (Å²) >= 11 is 0. The van der Waals surface area contributed by atoms with Crippen molar-refractivity contribution in [3.63, 3.8) is 0 Å². The molecule has 5 aliphatic rings. The summed E-state index contributed by atoms with van der Waals surface area (Å²) in [5.74, 6) is -6.26. The number of ether oxygens (including phenoxy) is 2. The summed E-state index contributed by atoms with van der Waals surface area (Å²) < 4.78 is 55.1. The van der Waals surface area contributed by atoms with Crippen molar-refractivity contribution in [1.82, 2.24) is 25.3 Å². The Morgan fingerprint density at radius 2 is 1.59 bits per heavy atom. The summed E-state index contributed by atoms with van der Waals surface area (Å²) in [6.07, 6.45) is 2.06. The fourth-order valence-electron chi connectivity index (χ4n) is 11.9. The number of carbonyl (C=O) groups excluding carboxylic acids is 6. The quantitative estimate of drug-likeness (QED) is 0.0854. The molecule has 5 amide bonds. The summed E-state index contributed by atoms with van der Waals surface area (Å²) in [6, 6.07) is 19.0. The zero-order valence-corrected chi connectivity index (χ0v) is 45.8. The minimum absolute atomic E-state index is 0.0148. The number of rotatable bonds is 18. The molecule has 3 saturated heterocycles. The van der Waals surface area contributed by atoms with E-state index >= 15 is 0 Å². The number of morpholine rings is 1. The van der Waals surface area contributed by atoms with Crippen molar-refractivity contribution in [2.45, 2.75) is 103 Å². The number of benzene rings is 4. The van der Waals surface area contributed by atoms with Crippen LogP contribution < -0.4 is 26.2 Å². The van der Waals surface area contributed by atoms with Gasteiger partial charge in [-0.25, -0.2) is 13.2 Å². The number of amides is 5. The third kappa shape index (κ3) is 12.9. The molecule has 79 heavy (non-hydrogen) atoms. The third-order valence-electron chi connectivity index (χ3n) is 16.8. The van der Waals surface area contributed by atoms with E-state index in [1.54, 1.807) is 42.2 Å². The molecule has 16 nitrogen and oxygen atoms in total. The Balaban J connectivity index is 0.925. The number of anilines is 3. The van der Waals surface area contributed by atoms with Gasteiger partial charge in [0.05, 0.1) is 31.7 Å². The normalized spacial score (nSPS) is 23.3. The van der Waals surface area contributed by atoms with Crippen LogP contribution in [0.2, 0.25) is 0 Å². The van der Waals surface area contributed by atoms with Gasteiger partial charge in [-0.3, -0.25) is 38.6 Å². The first-order valence-corrected chi connectivity index (χ1v) is 27.7. The Labute approximate surface area is 460 Å². The predicted molar refractivity (Wildman–Crippen MR) is 293 cm³/mol. The van der Waals surface area contributed by atoms with E-state index in [4.69, 9.17) is 9.47 Å². The van der Waals surface area contributed by atoms with E-state index < -0.39 is 64.9 Å². The van der Waals surface area contributed by atoms with Crippen LogP contribution in [0.4, 0.5) is 30.2 Å². The van der Waals surface area contributed by atoms with Crippen molar-refractivity contribution in [3.8, 4) is 0 Å². The van der Waals surface area contributed by atoms with Crippen LogP contribution in [0.15, 0.2) is 78.9 Å². The first kappa shape index (κ1) is 57.2. The molecule has 9 rings (SSSR count). The van der Waals surface area contributed by atoms with Crippen LogP contribution in [0, 0.1) is 35.2 Å². The topological polar surface area (TPSA) is 182 Å². The minimum Gasteiger partial charge on any atom is -0.381 e. The fraction of sp³-hybridized carbons (Fsp3) is 0.500. The first-order chi connectivity index (χ1) is 37.9. The van der Waals surface area contributed by atoms with Gasteiger partial charge in [-0.15, -0.1) is 0 Å². The lowest BCUT2D eigenvalue weighted by Crippen LogP contribution is -2.62. The van der Waals surface area contributed by atoms with Crippen molar-refractivity contribution >= 4 is 52.4 Å². The van der Waals surface area contributed by atoms with Crippen molar-refractivity contribution in [2.24, 2.45) is 17.8 Å². The molecule has 0 radical (unpaired) electrons. The molecule has 0 spiro atoms. The highest BCUT2D eigenvalue weighted by atomic mass is 19.1. The Hall–Kier alpha value is -6.51. The number of fused-ring (bicyclic) bond motifs is 2. The SMILES string of the molecule is CC[C@@H](C)C(=O)C[C@H](C(=O)N1Cc2cc(NC(=O)CNC(=O)[C@]3(C)CN(C(=O)CN4C[C@@H](C)NC[C@@H]4CN4CCOC[C@H]4C)c4cc(Cc5ccc(F)cc5)ccc43)ccc2[C@H]1C(=O)Nc1c(F)cccc1F)C1CCOCC1. The van der Waals surface area contributed by atoms with Crippen LogP contribution in [0.5, 0.6) is 0 Å². The van der Waals surface area contributed by atoms with E-state index in [1.165, 1.54) is 23.1 Å². The molecule has 7 atom stereocenters. The number of carbonyl (C=O) groups is 6. The smallest absolute Gasteiger partial charge is 0.252 e. The Kier molecular flexibility index (Phi) is 18.0. The maximum atomic E-state index is 15.0. The Morgan fingerprint density at radius 1 is 0.861 bits per heavy atom. The van der Waals surface area contributed by atoms with Gasteiger partial charge in [0, 0.05) is 100 Å². The number of ketones is 1. The van der Waals surface area contributed by atoms with Gasteiger partial charge >= 0.3 is 0 Å². The van der Waals surface area contributed by atoms with E-state index in [9.17, 15) is 41.9 Å². The standard InChI is InChI=1S/C60H73F3N8O8/c1-6-36(2)52(72)27-47(41-18-21-78-22-19-41)58(76)70-31-42-26-44(15-16-46(42)56(70)57(75)67-55-49(62)8-7-9-50(55)63)66-53(73)29-65-59(77)60(5)35-71(51-25-40(12-17-48(51)60)24-39-10-13-43(61)14-11-39)54(74)33-69-30-37(3)64-28-45(69)32-68-20-23-79-34-38(68)4/h7-17,25-26,36-38,41,45,47,56,64H,6,18-24,27-35H2,1-5H3,(H,65,77)(H,66,73)(H,67,75)/t36-,37-,38-,45-,47+,56+,60-/m1/s1. The minimum atomic E-state index is -1.34. The molecule has 0 saturated carbocycles. The summed E-state index contributed by atoms with van der Waals surface area (Å²) in [5, 5.41) is 11.6. The van der Waals surface area contributed by atoms with E-state index in [-0.39, 0.29) is 73.5 Å². The van der Waals surface area contributed by atoms with Crippen LogP contribution in [-0.2, 0) is 56.6 Å². The highest BCUT2D eigenvalue weighted by Gasteiger charge is 2.48. The van der Waals surface area contributed by atoms with E-state index in [2.05, 4.69) is 44.9 Å². The number of nitrogens with zero attached hydrogens (tertiary/aromatic N) is 4. The average molecular weight is 1090 g/mol. The van der Waals surface area contributed by atoms with Crippen LogP contribution in [0.1, 0.15) is 94.2 Å². The van der Waals surface area contributed by atoms with Crippen LogP contribution >= 0.6 is 0 Å². The molecule has 422 valence electrons. The molecular weight excluding hydrogens is 1020 g/mol. The summed E-state index contributed by atoms with van der Waals surface area (Å²) in [6.45, 7) is 14.3. The molecule has 3 fully saturated rings. The average Bonchev–Trinajstić information content (AvgIpc) is 4.14. The van der Waals surface area contributed by atoms with Crippen molar-refractivity contribution in [2.75, 3.05) is 87.8 Å². The van der Waals surface area contributed by atoms with Crippen LogP contribution in [-0.4, -0.2) is 140 Å². The summed E-state index contributed by atoms with van der Waals surface area (Å²) in [5.41, 5.74) is 2.16. The molecule has 4 aromatic carbocycles. The second-order valence-corrected chi connectivity index (χ2v) is 22.4. The monoisotopic (exact) mass is 1090 g/mol. The van der Waals surface area contributed by atoms with Crippen LogP contribution in [0.25, 0.3) is 0 Å². The highest BCUT2D eigenvalue weighted by Crippen LogP contribution is 2.43. The molecule has 0 aliphatic carbocycles. The lowest BCUT2D eigenvalue weighted by atomic mass is 9.80.